The van der Waals surface area contributed by atoms with Crippen LogP contribution in [0, 0.1) is 5.92 Å². The highest BCUT2D eigenvalue weighted by atomic mass is 16.5. The van der Waals surface area contributed by atoms with Gasteiger partial charge < -0.3 is 15.2 Å². The molecule has 4 nitrogen and oxygen atoms in total. The maximum Gasteiger partial charge on any atom is 0.338 e. The van der Waals surface area contributed by atoms with Gasteiger partial charge >= 0.3 is 5.97 Å². The Kier molecular flexibility index (Phi) is 5.56. The van der Waals surface area contributed by atoms with Gasteiger partial charge in [-0.05, 0) is 43.4 Å². The maximum atomic E-state index is 11.7. The predicted molar refractivity (Wildman–Crippen MR) is 77.5 cm³/mol. The molecule has 1 aromatic carbocycles. The standard InChI is InChI=1S/C16H23NO3/c1-20-16(19)15-8-3-2-6-13(15)11-17-10-12-5-4-7-14(18)9-12/h2-3,6,8,12,14,17-18H,4-5,7,9-11H2,1H3. The average molecular weight is 277 g/mol. The molecule has 0 amide bonds. The Morgan fingerprint density at radius 3 is 2.95 bits per heavy atom. The van der Waals surface area contributed by atoms with E-state index in [1.54, 1.807) is 6.07 Å². The van der Waals surface area contributed by atoms with E-state index in [9.17, 15) is 9.90 Å². The third-order valence-corrected chi connectivity index (χ3v) is 3.93. The van der Waals surface area contributed by atoms with Crippen LogP contribution >= 0.6 is 0 Å². The smallest absolute Gasteiger partial charge is 0.338 e. The van der Waals surface area contributed by atoms with E-state index in [0.29, 0.717) is 18.0 Å². The topological polar surface area (TPSA) is 58.6 Å². The van der Waals surface area contributed by atoms with Crippen LogP contribution in [-0.2, 0) is 11.3 Å². The van der Waals surface area contributed by atoms with Crippen LogP contribution in [0.2, 0.25) is 0 Å². The molecule has 20 heavy (non-hydrogen) atoms. The third kappa shape index (κ3) is 4.05. The molecule has 1 fully saturated rings. The van der Waals surface area contributed by atoms with E-state index in [0.717, 1.165) is 31.4 Å². The SMILES string of the molecule is COC(=O)c1ccccc1CNCC1CCCC(O)C1. The number of carbonyl (C=O) groups excluding carboxylic acids is 1. The zero-order valence-corrected chi connectivity index (χ0v) is 12.0. The van der Waals surface area contributed by atoms with Gasteiger partial charge in [-0.25, -0.2) is 4.79 Å². The van der Waals surface area contributed by atoms with Crippen molar-refractivity contribution in [3.8, 4) is 0 Å². The molecule has 2 rings (SSSR count). The number of rotatable bonds is 5. The van der Waals surface area contributed by atoms with Crippen LogP contribution in [0.4, 0.5) is 0 Å². The summed E-state index contributed by atoms with van der Waals surface area (Å²) < 4.78 is 4.79. The molecule has 2 atom stereocenters. The highest BCUT2D eigenvalue weighted by molar-refractivity contribution is 5.90. The normalized spacial score (nSPS) is 22.5. The van der Waals surface area contributed by atoms with Gasteiger partial charge in [0.25, 0.3) is 0 Å². The van der Waals surface area contributed by atoms with Gasteiger partial charge in [-0.2, -0.15) is 0 Å². The molecule has 0 heterocycles. The quantitative estimate of drug-likeness (QED) is 0.809. The Morgan fingerprint density at radius 1 is 1.40 bits per heavy atom. The van der Waals surface area contributed by atoms with Crippen molar-refractivity contribution in [2.24, 2.45) is 5.92 Å². The summed E-state index contributed by atoms with van der Waals surface area (Å²) in [5.41, 5.74) is 1.57. The van der Waals surface area contributed by atoms with Crippen LogP contribution in [0.5, 0.6) is 0 Å². The first kappa shape index (κ1) is 15.0. The minimum atomic E-state index is -0.296. The molecule has 0 radical (unpaired) electrons. The van der Waals surface area contributed by atoms with Crippen molar-refractivity contribution >= 4 is 5.97 Å². The van der Waals surface area contributed by atoms with Crippen molar-refractivity contribution in [3.05, 3.63) is 35.4 Å². The molecule has 0 bridgehead atoms. The second kappa shape index (κ2) is 7.41. The largest absolute Gasteiger partial charge is 0.465 e. The second-order valence-corrected chi connectivity index (χ2v) is 5.47. The van der Waals surface area contributed by atoms with Gasteiger partial charge in [0.15, 0.2) is 0 Å². The first-order valence-corrected chi connectivity index (χ1v) is 7.25. The van der Waals surface area contributed by atoms with Crippen molar-refractivity contribution in [1.82, 2.24) is 5.32 Å². The number of hydrogen-bond donors (Lipinski definition) is 2. The molecule has 2 N–H and O–H groups in total. The zero-order chi connectivity index (χ0) is 14.4. The number of ether oxygens (including phenoxy) is 1. The lowest BCUT2D eigenvalue weighted by Crippen LogP contribution is -2.29. The molecule has 2 unspecified atom stereocenters. The Bertz CT molecular complexity index is 447. The van der Waals surface area contributed by atoms with E-state index >= 15 is 0 Å². The molecule has 0 saturated heterocycles. The van der Waals surface area contributed by atoms with Crippen LogP contribution in [0.3, 0.4) is 0 Å². The van der Waals surface area contributed by atoms with E-state index in [2.05, 4.69) is 5.32 Å². The lowest BCUT2D eigenvalue weighted by Gasteiger charge is -2.26. The summed E-state index contributed by atoms with van der Waals surface area (Å²) in [6.45, 7) is 1.53. The van der Waals surface area contributed by atoms with Crippen LogP contribution < -0.4 is 5.32 Å². The monoisotopic (exact) mass is 277 g/mol. The number of aliphatic hydroxyl groups is 1. The number of benzene rings is 1. The minimum absolute atomic E-state index is 0.141. The summed E-state index contributed by atoms with van der Waals surface area (Å²) in [5.74, 6) is 0.236. The molecular weight excluding hydrogens is 254 g/mol. The van der Waals surface area contributed by atoms with Gasteiger partial charge in [-0.15, -0.1) is 0 Å². The fourth-order valence-corrected chi connectivity index (χ4v) is 2.84. The molecule has 1 saturated carbocycles. The highest BCUT2D eigenvalue weighted by Gasteiger charge is 2.19. The molecule has 1 aliphatic rings. The van der Waals surface area contributed by atoms with Gasteiger partial charge in [0.05, 0.1) is 18.8 Å². The lowest BCUT2D eigenvalue weighted by molar-refractivity contribution is 0.0599. The summed E-state index contributed by atoms with van der Waals surface area (Å²) >= 11 is 0. The van der Waals surface area contributed by atoms with Crippen LogP contribution in [-0.4, -0.2) is 30.8 Å². The highest BCUT2D eigenvalue weighted by Crippen LogP contribution is 2.23. The fraction of sp³-hybridized carbons (Fsp3) is 0.562. The molecule has 1 aliphatic carbocycles. The number of esters is 1. The Morgan fingerprint density at radius 2 is 2.20 bits per heavy atom. The first-order valence-electron chi connectivity index (χ1n) is 7.25. The number of nitrogens with one attached hydrogen (secondary N) is 1. The van der Waals surface area contributed by atoms with Gasteiger partial charge in [0.2, 0.25) is 0 Å². The van der Waals surface area contributed by atoms with Crippen LogP contribution in [0.25, 0.3) is 0 Å². The van der Waals surface area contributed by atoms with Gasteiger partial charge in [-0.3, -0.25) is 0 Å². The summed E-state index contributed by atoms with van der Waals surface area (Å²) in [5, 5.41) is 13.0. The van der Waals surface area contributed by atoms with Gasteiger partial charge in [-0.1, -0.05) is 24.6 Å². The number of carbonyl (C=O) groups is 1. The Labute approximate surface area is 120 Å². The minimum Gasteiger partial charge on any atom is -0.465 e. The van der Waals surface area contributed by atoms with Crippen LogP contribution in [0.15, 0.2) is 24.3 Å². The van der Waals surface area contributed by atoms with Crippen molar-refractivity contribution in [3.63, 3.8) is 0 Å². The Hall–Kier alpha value is -1.39. The van der Waals surface area contributed by atoms with E-state index < -0.39 is 0 Å². The van der Waals surface area contributed by atoms with Crippen molar-refractivity contribution < 1.29 is 14.6 Å². The van der Waals surface area contributed by atoms with Crippen molar-refractivity contribution in [2.45, 2.75) is 38.3 Å². The molecular formula is C16H23NO3. The van der Waals surface area contributed by atoms with E-state index in [1.807, 2.05) is 18.2 Å². The number of aliphatic hydroxyl groups excluding tert-OH is 1. The lowest BCUT2D eigenvalue weighted by atomic mass is 9.87. The number of hydrogen-bond acceptors (Lipinski definition) is 4. The molecule has 1 aromatic rings. The van der Waals surface area contributed by atoms with Crippen molar-refractivity contribution in [1.29, 1.82) is 0 Å². The van der Waals surface area contributed by atoms with Gasteiger partial charge in [0, 0.05) is 6.54 Å². The summed E-state index contributed by atoms with van der Waals surface area (Å²) in [6.07, 6.45) is 3.94. The second-order valence-electron chi connectivity index (χ2n) is 5.47. The van der Waals surface area contributed by atoms with Gasteiger partial charge in [0.1, 0.15) is 0 Å². The third-order valence-electron chi connectivity index (χ3n) is 3.93. The van der Waals surface area contributed by atoms with Crippen molar-refractivity contribution in [2.75, 3.05) is 13.7 Å². The van der Waals surface area contributed by atoms with E-state index in [-0.39, 0.29) is 12.1 Å². The summed E-state index contributed by atoms with van der Waals surface area (Å²) in [6, 6.07) is 7.49. The average Bonchev–Trinajstić information content (AvgIpc) is 2.47. The van der Waals surface area contributed by atoms with E-state index in [1.165, 1.54) is 13.5 Å². The maximum absolute atomic E-state index is 11.7. The molecule has 0 spiro atoms. The summed E-state index contributed by atoms with van der Waals surface area (Å²) in [7, 11) is 1.40. The fourth-order valence-electron chi connectivity index (χ4n) is 2.84. The molecule has 0 aliphatic heterocycles. The van der Waals surface area contributed by atoms with Crippen LogP contribution in [0.1, 0.15) is 41.6 Å². The van der Waals surface area contributed by atoms with E-state index in [4.69, 9.17) is 4.74 Å². The molecule has 110 valence electrons. The number of methoxy groups -OCH3 is 1. The predicted octanol–water partition coefficient (Wildman–Crippen LogP) is 2.11. The summed E-state index contributed by atoms with van der Waals surface area (Å²) in [4.78, 5) is 11.7. The zero-order valence-electron chi connectivity index (χ0n) is 12.0. The molecule has 4 heteroatoms. The Balaban J connectivity index is 1.86. The first-order chi connectivity index (χ1) is 9.70. The molecule has 0 aromatic heterocycles.